The number of nitrogens with one attached hydrogen (secondary N) is 2. The zero-order valence-corrected chi connectivity index (χ0v) is 13.9. The van der Waals surface area contributed by atoms with Crippen molar-refractivity contribution in [3.05, 3.63) is 17.2 Å². The van der Waals surface area contributed by atoms with Crippen LogP contribution in [-0.4, -0.2) is 47.0 Å². The Morgan fingerprint density at radius 3 is 2.96 bits per heavy atom. The fourth-order valence-electron chi connectivity index (χ4n) is 1.73. The summed E-state index contributed by atoms with van der Waals surface area (Å²) in [7, 11) is 0. The summed E-state index contributed by atoms with van der Waals surface area (Å²) in [5.74, 6) is -0.427. The van der Waals surface area contributed by atoms with Crippen LogP contribution >= 0.6 is 23.3 Å². The van der Waals surface area contributed by atoms with Crippen molar-refractivity contribution in [2.45, 2.75) is 6.92 Å². The Bertz CT molecular complexity index is 706. The second-order valence-electron chi connectivity index (χ2n) is 4.35. The number of guanidine groups is 1. The van der Waals surface area contributed by atoms with E-state index in [1.807, 2.05) is 12.1 Å². The number of benzene rings is 1. The largest absolute Gasteiger partial charge is 0.548 e. The highest BCUT2D eigenvalue weighted by Crippen LogP contribution is 2.29. The number of aromatic nitrogens is 2. The van der Waals surface area contributed by atoms with E-state index in [1.54, 1.807) is 6.92 Å². The van der Waals surface area contributed by atoms with Gasteiger partial charge in [0.15, 0.2) is 5.96 Å². The summed E-state index contributed by atoms with van der Waals surface area (Å²) in [5, 5.41) is 16.4. The summed E-state index contributed by atoms with van der Waals surface area (Å²) in [4.78, 5) is 13.8. The van der Waals surface area contributed by atoms with Crippen LogP contribution in [0.2, 0.25) is 5.02 Å². The van der Waals surface area contributed by atoms with E-state index in [2.05, 4.69) is 29.1 Å². The molecule has 2 heterocycles. The molecule has 124 valence electrons. The zero-order valence-electron chi connectivity index (χ0n) is 12.3. The number of carboxylic acid groups (broad SMARTS) is 1. The Kier molecular flexibility index (Phi) is 6.51. The Morgan fingerprint density at radius 2 is 2.35 bits per heavy atom. The van der Waals surface area contributed by atoms with Gasteiger partial charge in [0.1, 0.15) is 11.0 Å². The first-order valence-electron chi connectivity index (χ1n) is 6.85. The maximum Gasteiger partial charge on any atom is 0.196 e. The maximum atomic E-state index is 9.52. The molecule has 0 radical (unpaired) electrons. The lowest BCUT2D eigenvalue weighted by Gasteiger charge is -2.08. The van der Waals surface area contributed by atoms with Crippen LogP contribution in [0.15, 0.2) is 17.1 Å². The second kappa shape index (κ2) is 8.61. The minimum Gasteiger partial charge on any atom is -0.548 e. The smallest absolute Gasteiger partial charge is 0.196 e. The monoisotopic (exact) mass is 356 g/mol. The van der Waals surface area contributed by atoms with Crippen LogP contribution in [0.25, 0.3) is 11.0 Å². The van der Waals surface area contributed by atoms with E-state index in [-0.39, 0.29) is 6.61 Å². The van der Waals surface area contributed by atoms with Gasteiger partial charge in [-0.25, -0.2) is 0 Å². The molecule has 0 spiro atoms. The lowest BCUT2D eigenvalue weighted by atomic mass is 10.2. The van der Waals surface area contributed by atoms with E-state index < -0.39 is 5.97 Å². The minimum atomic E-state index is -1.16. The van der Waals surface area contributed by atoms with Crippen molar-refractivity contribution in [2.75, 3.05) is 31.6 Å². The molecule has 0 saturated heterocycles. The van der Waals surface area contributed by atoms with Crippen molar-refractivity contribution in [2.24, 2.45) is 4.99 Å². The third kappa shape index (κ3) is 5.02. The Balaban J connectivity index is 0.000000236. The molecule has 1 aliphatic heterocycles. The molecule has 8 nitrogen and oxygen atoms in total. The van der Waals surface area contributed by atoms with Crippen molar-refractivity contribution in [1.29, 1.82) is 0 Å². The Labute approximate surface area is 141 Å². The van der Waals surface area contributed by atoms with Gasteiger partial charge < -0.3 is 25.3 Å². The third-order valence-corrected chi connectivity index (χ3v) is 3.58. The van der Waals surface area contributed by atoms with Crippen LogP contribution in [0, 0.1) is 0 Å². The number of carbonyl (C=O) groups is 1. The van der Waals surface area contributed by atoms with Gasteiger partial charge in [-0.2, -0.15) is 8.75 Å². The molecule has 0 fully saturated rings. The Hall–Kier alpha value is -1.97. The van der Waals surface area contributed by atoms with Gasteiger partial charge >= 0.3 is 0 Å². The maximum absolute atomic E-state index is 9.52. The number of hydrogen-bond acceptors (Lipinski definition) is 9. The molecular weight excluding hydrogens is 342 g/mol. The predicted octanol–water partition coefficient (Wildman–Crippen LogP) is 0.489. The SMILES string of the molecule is CCOCC(=O)[O-].Clc1ccc2nsnc2c1NC1=NCCN1. The highest BCUT2D eigenvalue weighted by atomic mass is 35.5. The van der Waals surface area contributed by atoms with Gasteiger partial charge in [0.05, 0.1) is 41.6 Å². The number of hydrogen-bond donors (Lipinski definition) is 2. The lowest BCUT2D eigenvalue weighted by Crippen LogP contribution is -2.27. The average molecular weight is 357 g/mol. The quantitative estimate of drug-likeness (QED) is 0.819. The fraction of sp³-hybridized carbons (Fsp3) is 0.385. The fourth-order valence-corrected chi connectivity index (χ4v) is 2.47. The number of carbonyl (C=O) groups excluding carboxylic acids is 1. The van der Waals surface area contributed by atoms with E-state index >= 15 is 0 Å². The first-order chi connectivity index (χ1) is 11.1. The molecule has 23 heavy (non-hydrogen) atoms. The zero-order chi connectivity index (χ0) is 16.7. The van der Waals surface area contributed by atoms with E-state index in [4.69, 9.17) is 11.6 Å². The number of aliphatic carboxylic acids is 1. The lowest BCUT2D eigenvalue weighted by molar-refractivity contribution is -0.309. The molecule has 0 amide bonds. The highest BCUT2D eigenvalue weighted by Gasteiger charge is 2.13. The van der Waals surface area contributed by atoms with Crippen molar-refractivity contribution in [1.82, 2.24) is 14.1 Å². The molecule has 2 N–H and O–H groups in total. The number of rotatable bonds is 4. The van der Waals surface area contributed by atoms with Gasteiger partial charge in [-0.05, 0) is 19.1 Å². The molecule has 0 atom stereocenters. The molecule has 0 bridgehead atoms. The van der Waals surface area contributed by atoms with Gasteiger partial charge in [-0.1, -0.05) is 11.6 Å². The standard InChI is InChI=1S/C9H8ClN5S.C4H8O3/c10-5-1-2-6-8(15-16-14-6)7(5)13-9-11-3-4-12-9;1-2-7-3-4(5)6/h1-2H,3-4H2,(H2,11,12,13);2-3H2,1H3,(H,5,6)/p-1. The normalized spacial score (nSPS) is 13.0. The van der Waals surface area contributed by atoms with Gasteiger partial charge in [0, 0.05) is 13.2 Å². The van der Waals surface area contributed by atoms with Crippen molar-refractivity contribution < 1.29 is 14.6 Å². The topological polar surface area (TPSA) is 112 Å². The molecule has 2 aromatic rings. The molecule has 0 aliphatic carbocycles. The summed E-state index contributed by atoms with van der Waals surface area (Å²) in [6, 6.07) is 3.67. The summed E-state index contributed by atoms with van der Waals surface area (Å²) >= 11 is 7.30. The molecule has 3 rings (SSSR count). The van der Waals surface area contributed by atoms with Crippen LogP contribution < -0.4 is 15.7 Å². The molecule has 0 saturated carbocycles. The number of fused-ring (bicyclic) bond motifs is 1. The highest BCUT2D eigenvalue weighted by molar-refractivity contribution is 7.00. The summed E-state index contributed by atoms with van der Waals surface area (Å²) in [5.41, 5.74) is 2.39. The first-order valence-corrected chi connectivity index (χ1v) is 7.96. The van der Waals surface area contributed by atoms with Crippen LogP contribution in [-0.2, 0) is 9.53 Å². The number of anilines is 1. The number of ether oxygens (including phenoxy) is 1. The molecule has 10 heteroatoms. The number of halogens is 1. The Morgan fingerprint density at radius 1 is 1.52 bits per heavy atom. The van der Waals surface area contributed by atoms with E-state index in [1.165, 1.54) is 11.7 Å². The molecule has 1 aliphatic rings. The minimum absolute atomic E-state index is 0.295. The van der Waals surface area contributed by atoms with Gasteiger partial charge in [-0.3, -0.25) is 4.99 Å². The van der Waals surface area contributed by atoms with Crippen molar-refractivity contribution >= 4 is 52.0 Å². The molecule has 1 aromatic heterocycles. The predicted molar refractivity (Wildman–Crippen MR) is 87.9 cm³/mol. The van der Waals surface area contributed by atoms with Crippen molar-refractivity contribution in [3.8, 4) is 0 Å². The van der Waals surface area contributed by atoms with Gasteiger partial charge in [0.25, 0.3) is 0 Å². The van der Waals surface area contributed by atoms with Gasteiger partial charge in [0.2, 0.25) is 0 Å². The first kappa shape index (κ1) is 17.4. The summed E-state index contributed by atoms with van der Waals surface area (Å²) in [6.45, 7) is 3.49. The van der Waals surface area contributed by atoms with Crippen LogP contribution in [0.4, 0.5) is 5.69 Å². The molecular formula is C13H15ClN5O3S-. The van der Waals surface area contributed by atoms with E-state index in [0.29, 0.717) is 11.6 Å². The molecule has 1 aromatic carbocycles. The average Bonchev–Trinajstić information content (AvgIpc) is 3.19. The second-order valence-corrected chi connectivity index (χ2v) is 5.28. The van der Waals surface area contributed by atoms with Crippen LogP contribution in [0.3, 0.4) is 0 Å². The van der Waals surface area contributed by atoms with Gasteiger partial charge in [-0.15, -0.1) is 0 Å². The molecule has 0 unspecified atom stereocenters. The van der Waals surface area contributed by atoms with E-state index in [0.717, 1.165) is 35.8 Å². The van der Waals surface area contributed by atoms with Crippen molar-refractivity contribution in [3.63, 3.8) is 0 Å². The number of nitrogens with zero attached hydrogens (tertiary/aromatic N) is 3. The summed E-state index contributed by atoms with van der Waals surface area (Å²) < 4.78 is 12.8. The summed E-state index contributed by atoms with van der Waals surface area (Å²) in [6.07, 6.45) is 0. The van der Waals surface area contributed by atoms with E-state index in [9.17, 15) is 9.90 Å². The number of aliphatic imine (C=N–C) groups is 1. The van der Waals surface area contributed by atoms with Crippen LogP contribution in [0.5, 0.6) is 0 Å². The third-order valence-electron chi connectivity index (χ3n) is 2.72. The number of carboxylic acids is 1. The van der Waals surface area contributed by atoms with Crippen LogP contribution in [0.1, 0.15) is 6.92 Å².